The SMILES string of the molecule is O=C(Nc1ncc(-c2ccc(CO)cc2)nc1CC12CC3CC(CC(C3)C1)C2)c1ccccc1. The molecular formula is C29H31N3O2. The fourth-order valence-corrected chi connectivity index (χ4v) is 7.21. The van der Waals surface area contributed by atoms with Crippen LogP contribution >= 0.6 is 0 Å². The average Bonchev–Trinajstić information content (AvgIpc) is 2.84. The molecule has 0 unspecified atom stereocenters. The number of hydrogen-bond acceptors (Lipinski definition) is 4. The smallest absolute Gasteiger partial charge is 0.256 e. The summed E-state index contributed by atoms with van der Waals surface area (Å²) in [6.07, 6.45) is 10.7. The van der Waals surface area contributed by atoms with Gasteiger partial charge in [0.25, 0.3) is 5.91 Å². The summed E-state index contributed by atoms with van der Waals surface area (Å²) in [4.78, 5) is 22.8. The molecule has 7 rings (SSSR count). The summed E-state index contributed by atoms with van der Waals surface area (Å²) < 4.78 is 0. The number of anilines is 1. The number of benzene rings is 2. The van der Waals surface area contributed by atoms with Crippen LogP contribution in [0.3, 0.4) is 0 Å². The Bertz CT molecular complexity index is 1150. The van der Waals surface area contributed by atoms with Crippen LogP contribution in [-0.2, 0) is 13.0 Å². The molecule has 0 spiro atoms. The number of aliphatic hydroxyl groups is 1. The molecule has 5 nitrogen and oxygen atoms in total. The highest BCUT2D eigenvalue weighted by Crippen LogP contribution is 2.61. The quantitative estimate of drug-likeness (QED) is 0.506. The van der Waals surface area contributed by atoms with Gasteiger partial charge in [0.1, 0.15) is 0 Å². The van der Waals surface area contributed by atoms with Gasteiger partial charge < -0.3 is 10.4 Å². The zero-order chi connectivity index (χ0) is 23.1. The van der Waals surface area contributed by atoms with Crippen molar-refractivity contribution in [1.82, 2.24) is 9.97 Å². The minimum atomic E-state index is -0.151. The maximum Gasteiger partial charge on any atom is 0.256 e. The largest absolute Gasteiger partial charge is 0.392 e. The number of hydrogen-bond donors (Lipinski definition) is 2. The van der Waals surface area contributed by atoms with E-state index in [-0.39, 0.29) is 17.9 Å². The summed E-state index contributed by atoms with van der Waals surface area (Å²) in [5.74, 6) is 3.00. The number of aromatic nitrogens is 2. The highest BCUT2D eigenvalue weighted by Gasteiger charge is 2.51. The van der Waals surface area contributed by atoms with Crippen LogP contribution in [0.5, 0.6) is 0 Å². The van der Waals surface area contributed by atoms with Gasteiger partial charge in [-0.15, -0.1) is 0 Å². The topological polar surface area (TPSA) is 75.1 Å². The maximum atomic E-state index is 13.0. The fraction of sp³-hybridized carbons (Fsp3) is 0.414. The van der Waals surface area contributed by atoms with E-state index >= 15 is 0 Å². The van der Waals surface area contributed by atoms with Crippen molar-refractivity contribution in [2.45, 2.75) is 51.6 Å². The van der Waals surface area contributed by atoms with Gasteiger partial charge in [-0.05, 0) is 85.8 Å². The predicted octanol–water partition coefficient (Wildman–Crippen LogP) is 5.65. The molecule has 4 saturated carbocycles. The average molecular weight is 454 g/mol. The molecule has 0 radical (unpaired) electrons. The molecule has 1 heterocycles. The monoisotopic (exact) mass is 453 g/mol. The lowest BCUT2D eigenvalue weighted by molar-refractivity contribution is -0.0526. The van der Waals surface area contributed by atoms with Gasteiger partial charge >= 0.3 is 0 Å². The Morgan fingerprint density at radius 1 is 0.941 bits per heavy atom. The number of carbonyl (C=O) groups excluding carboxylic acids is 1. The molecule has 4 bridgehead atoms. The second-order valence-electron chi connectivity index (χ2n) is 10.8. The molecule has 4 aliphatic rings. The van der Waals surface area contributed by atoms with E-state index < -0.39 is 0 Å². The van der Waals surface area contributed by atoms with Crippen molar-refractivity contribution < 1.29 is 9.90 Å². The van der Waals surface area contributed by atoms with Gasteiger partial charge in [0.15, 0.2) is 5.82 Å². The lowest BCUT2D eigenvalue weighted by Crippen LogP contribution is -2.47. The molecule has 0 atom stereocenters. The van der Waals surface area contributed by atoms with Gasteiger partial charge in [0.2, 0.25) is 0 Å². The Morgan fingerprint density at radius 2 is 1.59 bits per heavy atom. The molecule has 1 aromatic heterocycles. The number of amides is 1. The minimum Gasteiger partial charge on any atom is -0.392 e. The van der Waals surface area contributed by atoms with Crippen LogP contribution in [0, 0.1) is 23.2 Å². The van der Waals surface area contributed by atoms with Crippen molar-refractivity contribution in [3.8, 4) is 11.3 Å². The second kappa shape index (κ2) is 8.62. The van der Waals surface area contributed by atoms with E-state index in [1.165, 1.54) is 38.5 Å². The number of rotatable bonds is 6. The Kier molecular flexibility index (Phi) is 5.45. The van der Waals surface area contributed by atoms with E-state index in [1.54, 1.807) is 6.20 Å². The van der Waals surface area contributed by atoms with Crippen molar-refractivity contribution >= 4 is 11.7 Å². The Labute approximate surface area is 200 Å². The van der Waals surface area contributed by atoms with Crippen LogP contribution in [0.1, 0.15) is 60.1 Å². The van der Waals surface area contributed by atoms with Crippen LogP contribution in [-0.4, -0.2) is 21.0 Å². The Balaban J connectivity index is 1.34. The normalized spacial score (nSPS) is 27.0. The van der Waals surface area contributed by atoms with Crippen LogP contribution in [0.2, 0.25) is 0 Å². The van der Waals surface area contributed by atoms with Crippen LogP contribution in [0.4, 0.5) is 5.82 Å². The lowest BCUT2D eigenvalue weighted by atomic mass is 9.48. The summed E-state index contributed by atoms with van der Waals surface area (Å²) in [5, 5.41) is 12.4. The van der Waals surface area contributed by atoms with Gasteiger partial charge in [0.05, 0.1) is 24.2 Å². The summed E-state index contributed by atoms with van der Waals surface area (Å²) in [7, 11) is 0. The van der Waals surface area contributed by atoms with Crippen molar-refractivity contribution in [3.63, 3.8) is 0 Å². The minimum absolute atomic E-state index is 0.0215. The molecule has 174 valence electrons. The maximum absolute atomic E-state index is 13.0. The predicted molar refractivity (Wildman–Crippen MR) is 132 cm³/mol. The molecule has 5 heteroatoms. The summed E-state index contributed by atoms with van der Waals surface area (Å²) in [6.45, 7) is 0.0215. The fourth-order valence-electron chi connectivity index (χ4n) is 7.21. The van der Waals surface area contributed by atoms with E-state index in [9.17, 15) is 9.90 Å². The first kappa shape index (κ1) is 21.5. The van der Waals surface area contributed by atoms with Gasteiger partial charge in [-0.1, -0.05) is 42.5 Å². The highest BCUT2D eigenvalue weighted by atomic mass is 16.3. The lowest BCUT2D eigenvalue weighted by Gasteiger charge is -2.57. The number of aliphatic hydroxyl groups excluding tert-OH is 1. The van der Waals surface area contributed by atoms with E-state index in [0.717, 1.165) is 46.7 Å². The van der Waals surface area contributed by atoms with Crippen molar-refractivity contribution in [2.75, 3.05) is 5.32 Å². The molecule has 2 N–H and O–H groups in total. The van der Waals surface area contributed by atoms with Crippen LogP contribution in [0.15, 0.2) is 60.8 Å². The number of carbonyl (C=O) groups is 1. The third-order valence-corrected chi connectivity index (χ3v) is 8.25. The first-order valence-electron chi connectivity index (χ1n) is 12.5. The molecule has 4 fully saturated rings. The van der Waals surface area contributed by atoms with E-state index in [0.29, 0.717) is 11.4 Å². The third kappa shape index (κ3) is 4.14. The van der Waals surface area contributed by atoms with Gasteiger partial charge in [-0.3, -0.25) is 4.79 Å². The molecule has 34 heavy (non-hydrogen) atoms. The Hall–Kier alpha value is -3.05. The van der Waals surface area contributed by atoms with Crippen molar-refractivity contribution in [3.05, 3.63) is 77.6 Å². The zero-order valence-corrected chi connectivity index (χ0v) is 19.4. The van der Waals surface area contributed by atoms with E-state index in [1.807, 2.05) is 54.6 Å². The second-order valence-corrected chi connectivity index (χ2v) is 10.8. The third-order valence-electron chi connectivity index (χ3n) is 8.25. The molecule has 4 aliphatic carbocycles. The first-order chi connectivity index (χ1) is 16.6. The van der Waals surface area contributed by atoms with E-state index in [4.69, 9.17) is 9.97 Å². The van der Waals surface area contributed by atoms with Crippen molar-refractivity contribution in [2.24, 2.45) is 23.2 Å². The van der Waals surface area contributed by atoms with Crippen molar-refractivity contribution in [1.29, 1.82) is 0 Å². The molecule has 0 aliphatic heterocycles. The number of nitrogens with zero attached hydrogens (tertiary/aromatic N) is 2. The van der Waals surface area contributed by atoms with Gasteiger partial charge in [-0.25, -0.2) is 9.97 Å². The first-order valence-corrected chi connectivity index (χ1v) is 12.5. The molecule has 1 amide bonds. The van der Waals surface area contributed by atoms with Gasteiger partial charge in [0, 0.05) is 11.1 Å². The Morgan fingerprint density at radius 3 is 2.21 bits per heavy atom. The summed E-state index contributed by atoms with van der Waals surface area (Å²) in [6, 6.07) is 17.1. The summed E-state index contributed by atoms with van der Waals surface area (Å²) in [5.41, 5.74) is 4.45. The molecular weight excluding hydrogens is 422 g/mol. The zero-order valence-electron chi connectivity index (χ0n) is 19.4. The van der Waals surface area contributed by atoms with E-state index in [2.05, 4.69) is 5.32 Å². The molecule has 0 saturated heterocycles. The standard InChI is InChI=1S/C29H31N3O2/c33-18-19-6-8-23(9-7-19)26-17-30-27(32-28(34)24-4-2-1-3-5-24)25(31-26)16-29-13-20-10-21(14-29)12-22(11-20)15-29/h1-9,17,20-22,33H,10-16,18H2,(H,30,32,34). The number of nitrogens with one attached hydrogen (secondary N) is 1. The highest BCUT2D eigenvalue weighted by molar-refractivity contribution is 6.04. The molecule has 2 aromatic carbocycles. The van der Waals surface area contributed by atoms with Crippen LogP contribution in [0.25, 0.3) is 11.3 Å². The van der Waals surface area contributed by atoms with Crippen LogP contribution < -0.4 is 5.32 Å². The molecule has 3 aromatic rings. The summed E-state index contributed by atoms with van der Waals surface area (Å²) >= 11 is 0. The van der Waals surface area contributed by atoms with Gasteiger partial charge in [-0.2, -0.15) is 0 Å².